The molecule has 0 bridgehead atoms. The van der Waals surface area contributed by atoms with Gasteiger partial charge in [0.25, 0.3) is 5.56 Å². The fourth-order valence-corrected chi connectivity index (χ4v) is 3.23. The van der Waals surface area contributed by atoms with Crippen molar-refractivity contribution in [2.24, 2.45) is 5.92 Å². The van der Waals surface area contributed by atoms with E-state index in [-0.39, 0.29) is 30.1 Å². The first-order valence-corrected chi connectivity index (χ1v) is 7.99. The van der Waals surface area contributed by atoms with E-state index < -0.39 is 31.3 Å². The van der Waals surface area contributed by atoms with Crippen LogP contribution in [0.3, 0.4) is 0 Å². The lowest BCUT2D eigenvalue weighted by Crippen LogP contribution is -2.18. The molecule has 0 aliphatic carbocycles. The summed E-state index contributed by atoms with van der Waals surface area (Å²) in [6.45, 7) is 0.00403. The second kappa shape index (κ2) is 5.13. The summed E-state index contributed by atoms with van der Waals surface area (Å²) in [7, 11) is -4.52. The van der Waals surface area contributed by atoms with Gasteiger partial charge in [-0.05, 0) is 6.42 Å². The van der Waals surface area contributed by atoms with Crippen molar-refractivity contribution in [2.75, 3.05) is 5.73 Å². The number of fused-ring (bicyclic) bond motifs is 1. The van der Waals surface area contributed by atoms with Gasteiger partial charge in [-0.25, -0.2) is 9.37 Å². The number of anilines is 1. The Morgan fingerprint density at radius 1 is 1.59 bits per heavy atom. The monoisotopic (exact) mass is 333 g/mol. The van der Waals surface area contributed by atoms with Crippen molar-refractivity contribution in [2.45, 2.75) is 25.2 Å². The summed E-state index contributed by atoms with van der Waals surface area (Å²) in [4.78, 5) is 39.8. The number of ether oxygens (including phenoxy) is 1. The van der Waals surface area contributed by atoms with E-state index in [1.807, 2.05) is 0 Å². The fraction of sp³-hybridized carbons (Fsp3) is 0.500. The van der Waals surface area contributed by atoms with Gasteiger partial charge in [0.15, 0.2) is 17.0 Å². The average Bonchev–Trinajstić information content (AvgIpc) is 2.95. The van der Waals surface area contributed by atoms with Gasteiger partial charge in [0, 0.05) is 12.5 Å². The minimum atomic E-state index is -4.52. The highest BCUT2D eigenvalue weighted by molar-refractivity contribution is 7.52. The summed E-state index contributed by atoms with van der Waals surface area (Å²) in [6, 6.07) is 0. The molecule has 0 saturated carbocycles. The van der Waals surface area contributed by atoms with E-state index in [0.717, 1.165) is 0 Å². The number of nitrogen functional groups attached to an aromatic ring is 1. The molecule has 0 amide bonds. The second-order valence-electron chi connectivity index (χ2n) is 5.05. The lowest BCUT2D eigenvalue weighted by molar-refractivity contribution is -0.0352. The van der Waals surface area contributed by atoms with Gasteiger partial charge in [-0.3, -0.25) is 14.3 Å². The maximum absolute atomic E-state index is 13.8. The molecule has 2 aromatic heterocycles. The van der Waals surface area contributed by atoms with Gasteiger partial charge in [0.2, 0.25) is 12.3 Å². The summed E-state index contributed by atoms with van der Waals surface area (Å²) in [5, 5.41) is 0. The van der Waals surface area contributed by atoms with Gasteiger partial charge >= 0.3 is 7.60 Å². The molecule has 1 aliphatic rings. The molecular formula is C10H13FN5O5P. The van der Waals surface area contributed by atoms with Crippen molar-refractivity contribution < 1.29 is 23.5 Å². The highest BCUT2D eigenvalue weighted by atomic mass is 31.2. The highest BCUT2D eigenvalue weighted by Gasteiger charge is 2.44. The number of hydrogen-bond donors (Lipinski definition) is 4. The molecule has 0 radical (unpaired) electrons. The van der Waals surface area contributed by atoms with Crippen LogP contribution in [0, 0.1) is 5.92 Å². The third kappa shape index (κ3) is 2.63. The maximum atomic E-state index is 13.8. The molecule has 0 aromatic carbocycles. The van der Waals surface area contributed by atoms with Crippen LogP contribution in [0.4, 0.5) is 10.3 Å². The van der Waals surface area contributed by atoms with Crippen LogP contribution in [0.25, 0.3) is 11.2 Å². The molecule has 120 valence electrons. The first-order chi connectivity index (χ1) is 10.3. The molecule has 3 rings (SSSR count). The Morgan fingerprint density at radius 3 is 2.95 bits per heavy atom. The first-order valence-electron chi connectivity index (χ1n) is 6.31. The molecule has 1 fully saturated rings. The number of imidazole rings is 1. The van der Waals surface area contributed by atoms with Gasteiger partial charge in [-0.2, -0.15) is 4.98 Å². The fourth-order valence-electron chi connectivity index (χ4n) is 2.41. The maximum Gasteiger partial charge on any atom is 0.354 e. The van der Waals surface area contributed by atoms with Gasteiger partial charge in [0.1, 0.15) is 0 Å². The number of nitrogens with two attached hydrogens (primary N) is 1. The van der Waals surface area contributed by atoms with E-state index in [1.54, 1.807) is 0 Å². The van der Waals surface area contributed by atoms with Crippen molar-refractivity contribution in [3.05, 3.63) is 16.7 Å². The van der Waals surface area contributed by atoms with Gasteiger partial charge in [-0.1, -0.05) is 0 Å². The number of aromatic amines is 1. The smallest absolute Gasteiger partial charge is 0.354 e. The van der Waals surface area contributed by atoms with Crippen LogP contribution < -0.4 is 11.3 Å². The molecule has 0 unspecified atom stereocenters. The Hall–Kier alpha value is -1.81. The van der Waals surface area contributed by atoms with Crippen LogP contribution in [-0.2, 0) is 15.8 Å². The van der Waals surface area contributed by atoms with Crippen LogP contribution >= 0.6 is 7.60 Å². The van der Waals surface area contributed by atoms with Crippen molar-refractivity contribution in [1.29, 1.82) is 0 Å². The molecule has 10 nitrogen and oxygen atoms in total. The zero-order chi connectivity index (χ0) is 16.1. The number of hydrogen-bond acceptors (Lipinski definition) is 6. The topological polar surface area (TPSA) is 156 Å². The molecule has 3 heterocycles. The van der Waals surface area contributed by atoms with Crippen LogP contribution in [0.1, 0.15) is 6.42 Å². The number of nitrogens with one attached hydrogen (secondary N) is 1. The average molecular weight is 333 g/mol. The lowest BCUT2D eigenvalue weighted by atomic mass is 10.1. The predicted molar refractivity (Wildman–Crippen MR) is 72.5 cm³/mol. The Morgan fingerprint density at radius 2 is 2.32 bits per heavy atom. The quantitative estimate of drug-likeness (QED) is 0.550. The normalized spacial score (nSPS) is 25.9. The predicted octanol–water partition coefficient (Wildman–Crippen LogP) is -0.462. The number of H-pyrrole nitrogens is 1. The van der Waals surface area contributed by atoms with E-state index in [2.05, 4.69) is 19.7 Å². The Bertz CT molecular complexity index is 816. The Labute approximate surface area is 122 Å². The second-order valence-corrected chi connectivity index (χ2v) is 6.80. The van der Waals surface area contributed by atoms with Gasteiger partial charge in [0.05, 0.1) is 6.33 Å². The van der Waals surface area contributed by atoms with Crippen LogP contribution in [0.15, 0.2) is 11.1 Å². The summed E-state index contributed by atoms with van der Waals surface area (Å²) >= 11 is 0. The number of rotatable bonds is 3. The molecule has 2 aromatic rings. The molecule has 5 N–H and O–H groups in total. The number of alkyl halides is 1. The number of nitrogens with zero attached hydrogens (tertiary/aromatic N) is 3. The SMILES string of the molecule is Nc1nc2c(ncn2C[C@@H]2C[C@H](P(=O)(O)O)O[C@@H]2F)c(=O)[nH]1. The van der Waals surface area contributed by atoms with Gasteiger partial charge in [-0.15, -0.1) is 0 Å². The van der Waals surface area contributed by atoms with Crippen LogP contribution in [0.5, 0.6) is 0 Å². The zero-order valence-corrected chi connectivity index (χ0v) is 12.0. The Kier molecular flexibility index (Phi) is 3.52. The van der Waals surface area contributed by atoms with E-state index in [0.29, 0.717) is 0 Å². The van der Waals surface area contributed by atoms with E-state index in [4.69, 9.17) is 15.5 Å². The van der Waals surface area contributed by atoms with E-state index in [9.17, 15) is 13.8 Å². The molecule has 0 spiro atoms. The molecule has 1 saturated heterocycles. The Balaban J connectivity index is 1.88. The van der Waals surface area contributed by atoms with E-state index in [1.165, 1.54) is 10.9 Å². The van der Waals surface area contributed by atoms with Crippen molar-refractivity contribution >= 4 is 24.7 Å². The lowest BCUT2D eigenvalue weighted by Gasteiger charge is -2.11. The molecular weight excluding hydrogens is 320 g/mol. The minimum Gasteiger partial charge on any atom is -0.369 e. The van der Waals surface area contributed by atoms with Crippen molar-refractivity contribution in [3.63, 3.8) is 0 Å². The largest absolute Gasteiger partial charge is 0.369 e. The summed E-state index contributed by atoms with van der Waals surface area (Å²) in [6.07, 6.45) is -0.678. The van der Waals surface area contributed by atoms with Gasteiger partial charge < -0.3 is 24.8 Å². The molecule has 12 heteroatoms. The minimum absolute atomic E-state index is 0.00403. The molecule has 3 atom stereocenters. The highest BCUT2D eigenvalue weighted by Crippen LogP contribution is 2.50. The third-order valence-corrected chi connectivity index (χ3v) is 4.54. The number of halogens is 1. The van der Waals surface area contributed by atoms with E-state index >= 15 is 0 Å². The number of aromatic nitrogens is 4. The van der Waals surface area contributed by atoms with Crippen LogP contribution in [0.2, 0.25) is 0 Å². The zero-order valence-electron chi connectivity index (χ0n) is 11.1. The van der Waals surface area contributed by atoms with Crippen molar-refractivity contribution in [1.82, 2.24) is 19.5 Å². The summed E-state index contributed by atoms with van der Waals surface area (Å²) < 4.78 is 31.0. The first kappa shape index (κ1) is 15.1. The van der Waals surface area contributed by atoms with Crippen LogP contribution in [-0.4, -0.2) is 41.5 Å². The van der Waals surface area contributed by atoms with Crippen molar-refractivity contribution in [3.8, 4) is 0 Å². The molecule has 1 aliphatic heterocycles. The molecule has 22 heavy (non-hydrogen) atoms. The summed E-state index contributed by atoms with van der Waals surface area (Å²) in [5.41, 5.74) is 5.16. The standard InChI is InChI=1S/C10H13FN5O5P/c11-7-4(1-5(21-7)22(18,19)20)2-16-3-13-6-8(16)14-10(12)15-9(6)17/h3-5,7H,1-2H2,(H2,18,19,20)(H3,12,14,15,17)/t4-,5-,7-/m0/s1. The summed E-state index contributed by atoms with van der Waals surface area (Å²) in [5.74, 6) is -2.37. The third-order valence-electron chi connectivity index (χ3n) is 3.46.